The van der Waals surface area contributed by atoms with Gasteiger partial charge in [-0.25, -0.2) is 0 Å². The topological polar surface area (TPSA) is 149 Å². The standard InChI is InChI=1S/C39H71NO8/c1-3-5-7-9-11-13-14-15-16-17-18-19-20-21-23-25-27-29-35(43)40-32(33(42)28-26-24-22-12-10-8-6-4-2)31-47-39-38(46)37(45)36(44)34(30-41)48-39/h10,12,15-16,26,28,32-34,36-39,41-42,44-46H,3-9,11,13-14,17-25,27,29-31H2,1-2H3,(H,40,43)/b12-10+,16-15-,28-26+. The smallest absolute Gasteiger partial charge is 0.220 e. The van der Waals surface area contributed by atoms with Crippen LogP contribution in [0.1, 0.15) is 149 Å². The first-order valence-corrected chi connectivity index (χ1v) is 19.2. The average Bonchev–Trinajstić information content (AvgIpc) is 3.08. The van der Waals surface area contributed by atoms with E-state index in [1.807, 2.05) is 6.08 Å². The molecule has 0 saturated carbocycles. The molecule has 0 aromatic heterocycles. The molecule has 0 aromatic rings. The molecule has 1 aliphatic rings. The van der Waals surface area contributed by atoms with E-state index in [-0.39, 0.29) is 12.5 Å². The highest BCUT2D eigenvalue weighted by molar-refractivity contribution is 5.76. The highest BCUT2D eigenvalue weighted by Crippen LogP contribution is 2.22. The molecule has 1 saturated heterocycles. The van der Waals surface area contributed by atoms with Crippen LogP contribution >= 0.6 is 0 Å². The van der Waals surface area contributed by atoms with Gasteiger partial charge >= 0.3 is 0 Å². The van der Waals surface area contributed by atoms with Crippen LogP contribution in [-0.4, -0.2) is 87.5 Å². The van der Waals surface area contributed by atoms with Crippen molar-refractivity contribution in [3.8, 4) is 0 Å². The number of unbranched alkanes of at least 4 members (excludes halogenated alkanes) is 16. The third-order valence-corrected chi connectivity index (χ3v) is 8.94. The van der Waals surface area contributed by atoms with Gasteiger partial charge in [0.15, 0.2) is 6.29 Å². The van der Waals surface area contributed by atoms with Gasteiger partial charge in [0.05, 0.1) is 25.4 Å². The van der Waals surface area contributed by atoms with E-state index in [1.165, 1.54) is 70.6 Å². The van der Waals surface area contributed by atoms with Gasteiger partial charge in [-0.1, -0.05) is 127 Å². The number of rotatable bonds is 30. The van der Waals surface area contributed by atoms with Gasteiger partial charge in [-0.15, -0.1) is 0 Å². The van der Waals surface area contributed by atoms with Crippen LogP contribution in [0.5, 0.6) is 0 Å². The molecule has 1 fully saturated rings. The third-order valence-electron chi connectivity index (χ3n) is 8.94. The van der Waals surface area contributed by atoms with Crippen LogP contribution in [0.2, 0.25) is 0 Å². The summed E-state index contributed by atoms with van der Waals surface area (Å²) in [6, 6.07) is -0.818. The Kier molecular flexibility index (Phi) is 28.0. The van der Waals surface area contributed by atoms with Gasteiger partial charge in [-0.05, 0) is 51.4 Å². The van der Waals surface area contributed by atoms with E-state index in [4.69, 9.17) is 9.47 Å². The fraction of sp³-hybridized carbons (Fsp3) is 0.821. The number of carbonyl (C=O) groups is 1. The van der Waals surface area contributed by atoms with Gasteiger partial charge in [-0.3, -0.25) is 4.79 Å². The monoisotopic (exact) mass is 682 g/mol. The lowest BCUT2D eigenvalue weighted by atomic mass is 9.99. The largest absolute Gasteiger partial charge is 0.394 e. The summed E-state index contributed by atoms with van der Waals surface area (Å²) < 4.78 is 11.1. The minimum absolute atomic E-state index is 0.198. The molecule has 0 spiro atoms. The highest BCUT2D eigenvalue weighted by atomic mass is 16.7. The van der Waals surface area contributed by atoms with Crippen molar-refractivity contribution < 1.29 is 39.8 Å². The SMILES string of the molecule is CCCC/C=C/CC/C=C/C(O)C(COC1OC(CO)C(O)C(O)C1O)NC(=O)CCCCCCCCC/C=C\CCCCCCCC. The van der Waals surface area contributed by atoms with Crippen LogP contribution in [0.15, 0.2) is 36.5 Å². The molecular weight excluding hydrogens is 610 g/mol. The summed E-state index contributed by atoms with van der Waals surface area (Å²) in [6.45, 7) is 3.64. The van der Waals surface area contributed by atoms with Gasteiger partial charge in [0, 0.05) is 6.42 Å². The molecule has 1 amide bonds. The molecule has 9 heteroatoms. The highest BCUT2D eigenvalue weighted by Gasteiger charge is 2.44. The maximum atomic E-state index is 12.8. The predicted molar refractivity (Wildman–Crippen MR) is 193 cm³/mol. The Morgan fingerprint density at radius 2 is 1.21 bits per heavy atom. The van der Waals surface area contributed by atoms with E-state index >= 15 is 0 Å². The van der Waals surface area contributed by atoms with Crippen molar-refractivity contribution in [3.05, 3.63) is 36.5 Å². The van der Waals surface area contributed by atoms with E-state index < -0.39 is 49.5 Å². The first-order chi connectivity index (χ1) is 23.3. The average molecular weight is 682 g/mol. The summed E-state index contributed by atoms with van der Waals surface area (Å²) in [4.78, 5) is 12.8. The van der Waals surface area contributed by atoms with Crippen molar-refractivity contribution in [2.75, 3.05) is 13.2 Å². The van der Waals surface area contributed by atoms with Crippen LogP contribution in [0.3, 0.4) is 0 Å². The van der Waals surface area contributed by atoms with Crippen LogP contribution in [0, 0.1) is 0 Å². The minimum atomic E-state index is -1.57. The number of hydrogen-bond acceptors (Lipinski definition) is 8. The van der Waals surface area contributed by atoms with Crippen molar-refractivity contribution in [2.24, 2.45) is 0 Å². The van der Waals surface area contributed by atoms with Crippen LogP contribution in [0.4, 0.5) is 0 Å². The predicted octanol–water partition coefficient (Wildman–Crippen LogP) is 6.55. The lowest BCUT2D eigenvalue weighted by Crippen LogP contribution is -2.60. The number of nitrogens with one attached hydrogen (secondary N) is 1. The molecular formula is C39H71NO8. The second kappa shape index (κ2) is 30.3. The quantitative estimate of drug-likeness (QED) is 0.0370. The number of allylic oxidation sites excluding steroid dienone is 5. The lowest BCUT2D eigenvalue weighted by Gasteiger charge is -2.40. The third kappa shape index (κ3) is 21.5. The number of hydrogen-bond donors (Lipinski definition) is 6. The molecule has 0 aliphatic carbocycles. The Morgan fingerprint density at radius 3 is 1.81 bits per heavy atom. The molecule has 1 heterocycles. The zero-order chi connectivity index (χ0) is 35.2. The number of ether oxygens (including phenoxy) is 2. The zero-order valence-electron chi connectivity index (χ0n) is 30.2. The number of carbonyl (C=O) groups excluding carboxylic acids is 1. The van der Waals surface area contributed by atoms with E-state index in [1.54, 1.807) is 6.08 Å². The molecule has 9 nitrogen and oxygen atoms in total. The summed E-state index contributed by atoms with van der Waals surface area (Å²) in [5.74, 6) is -0.198. The van der Waals surface area contributed by atoms with Gasteiger partial charge in [0.25, 0.3) is 0 Å². The van der Waals surface area contributed by atoms with E-state index in [0.29, 0.717) is 6.42 Å². The van der Waals surface area contributed by atoms with E-state index in [2.05, 4.69) is 43.5 Å². The van der Waals surface area contributed by atoms with Gasteiger partial charge in [0.1, 0.15) is 24.4 Å². The van der Waals surface area contributed by atoms with Crippen molar-refractivity contribution in [3.63, 3.8) is 0 Å². The molecule has 280 valence electrons. The fourth-order valence-electron chi connectivity index (χ4n) is 5.74. The summed E-state index contributed by atoms with van der Waals surface area (Å²) in [5, 5.41) is 53.7. The lowest BCUT2D eigenvalue weighted by molar-refractivity contribution is -0.302. The summed E-state index contributed by atoms with van der Waals surface area (Å²) in [7, 11) is 0. The Hall–Kier alpha value is -1.59. The molecule has 0 bridgehead atoms. The number of aliphatic hydroxyl groups is 5. The van der Waals surface area contributed by atoms with Crippen LogP contribution < -0.4 is 5.32 Å². The molecule has 0 radical (unpaired) electrons. The first-order valence-electron chi connectivity index (χ1n) is 19.2. The molecule has 48 heavy (non-hydrogen) atoms. The molecule has 1 aliphatic heterocycles. The Bertz CT molecular complexity index is 848. The molecule has 0 aromatic carbocycles. The van der Waals surface area contributed by atoms with Crippen molar-refractivity contribution >= 4 is 5.91 Å². The molecule has 7 unspecified atom stereocenters. The van der Waals surface area contributed by atoms with Gasteiger partial charge in [0.2, 0.25) is 5.91 Å². The maximum absolute atomic E-state index is 12.8. The molecule has 7 atom stereocenters. The molecule has 6 N–H and O–H groups in total. The van der Waals surface area contributed by atoms with Crippen molar-refractivity contribution in [2.45, 2.75) is 192 Å². The van der Waals surface area contributed by atoms with Crippen LogP contribution in [-0.2, 0) is 14.3 Å². The Labute approximate surface area is 291 Å². The fourth-order valence-corrected chi connectivity index (χ4v) is 5.74. The normalized spacial score (nSPS) is 23.0. The maximum Gasteiger partial charge on any atom is 0.220 e. The zero-order valence-corrected chi connectivity index (χ0v) is 30.2. The Balaban J connectivity index is 2.39. The first kappa shape index (κ1) is 44.4. The second-order valence-electron chi connectivity index (χ2n) is 13.4. The minimum Gasteiger partial charge on any atom is -0.394 e. The van der Waals surface area contributed by atoms with Crippen molar-refractivity contribution in [1.29, 1.82) is 0 Å². The summed E-state index contributed by atoms with van der Waals surface area (Å²) in [5.41, 5.74) is 0. The Morgan fingerprint density at radius 1 is 0.688 bits per heavy atom. The summed E-state index contributed by atoms with van der Waals surface area (Å²) >= 11 is 0. The second-order valence-corrected chi connectivity index (χ2v) is 13.4. The van der Waals surface area contributed by atoms with E-state index in [9.17, 15) is 30.3 Å². The number of amides is 1. The summed E-state index contributed by atoms with van der Waals surface area (Å²) in [6.07, 6.45) is 27.8. The van der Waals surface area contributed by atoms with E-state index in [0.717, 1.165) is 57.8 Å². The number of aliphatic hydroxyl groups excluding tert-OH is 5. The van der Waals surface area contributed by atoms with Crippen LogP contribution in [0.25, 0.3) is 0 Å². The van der Waals surface area contributed by atoms with Gasteiger partial charge < -0.3 is 40.3 Å². The van der Waals surface area contributed by atoms with Crippen molar-refractivity contribution in [1.82, 2.24) is 5.32 Å². The molecule has 1 rings (SSSR count). The van der Waals surface area contributed by atoms with Gasteiger partial charge in [-0.2, -0.15) is 0 Å².